The summed E-state index contributed by atoms with van der Waals surface area (Å²) in [5, 5.41) is 0. The van der Waals surface area contributed by atoms with E-state index in [0.717, 1.165) is 22.8 Å². The second-order valence-corrected chi connectivity index (χ2v) is 12.2. The second-order valence-electron chi connectivity index (χ2n) is 12.2. The normalized spacial score (nSPS) is 22.3. The summed E-state index contributed by atoms with van der Waals surface area (Å²) in [4.78, 5) is 11.2. The van der Waals surface area contributed by atoms with Crippen molar-refractivity contribution < 1.29 is 0 Å². The summed E-state index contributed by atoms with van der Waals surface area (Å²) in [6, 6.07) is 13.4. The zero-order chi connectivity index (χ0) is 27.1. The van der Waals surface area contributed by atoms with Crippen LogP contribution in [0.5, 0.6) is 0 Å². The highest BCUT2D eigenvalue weighted by Gasteiger charge is 2.44. The Labute approximate surface area is 229 Å². The van der Waals surface area contributed by atoms with Crippen molar-refractivity contribution in [1.29, 1.82) is 0 Å². The lowest BCUT2D eigenvalue weighted by atomic mass is 9.80. The molecule has 0 spiro atoms. The Kier molecular flexibility index (Phi) is 7.27. The third kappa shape index (κ3) is 4.59. The molecule has 0 heterocycles. The van der Waals surface area contributed by atoms with Crippen molar-refractivity contribution in [3.63, 3.8) is 0 Å². The minimum Gasteiger partial charge on any atom is -0.250 e. The Bertz CT molecular complexity index is 1370. The van der Waals surface area contributed by atoms with Crippen LogP contribution in [0.15, 0.2) is 94.0 Å². The Hall–Kier alpha value is -3.26. The van der Waals surface area contributed by atoms with Gasteiger partial charge in [-0.2, -0.15) is 0 Å². The molecule has 2 aromatic rings. The Balaban J connectivity index is 1.82. The van der Waals surface area contributed by atoms with Crippen molar-refractivity contribution in [2.45, 2.75) is 79.1 Å². The van der Waals surface area contributed by atoms with Gasteiger partial charge >= 0.3 is 0 Å². The van der Waals surface area contributed by atoms with Crippen molar-refractivity contribution in [3.05, 3.63) is 106 Å². The van der Waals surface area contributed by atoms with Crippen LogP contribution in [0.3, 0.4) is 0 Å². The first-order chi connectivity index (χ1) is 18.2. The van der Waals surface area contributed by atoms with Crippen LogP contribution in [0.25, 0.3) is 0 Å². The van der Waals surface area contributed by atoms with Gasteiger partial charge in [0.15, 0.2) is 0 Å². The zero-order valence-corrected chi connectivity index (χ0v) is 24.3. The molecule has 2 aromatic carbocycles. The van der Waals surface area contributed by atoms with Gasteiger partial charge in [0, 0.05) is 11.8 Å². The summed E-state index contributed by atoms with van der Waals surface area (Å²) in [6.45, 7) is 18.2. The number of hydrogen-bond donors (Lipinski definition) is 0. The fraction of sp³-hybridized carbons (Fsp3) is 0.389. The first-order valence-corrected chi connectivity index (χ1v) is 14.4. The molecule has 2 heteroatoms. The highest BCUT2D eigenvalue weighted by molar-refractivity contribution is 6.53. The van der Waals surface area contributed by atoms with E-state index in [1.54, 1.807) is 0 Å². The lowest BCUT2D eigenvalue weighted by molar-refractivity contribution is 0.680. The molecule has 1 saturated carbocycles. The van der Waals surface area contributed by atoms with Gasteiger partial charge in [-0.25, -0.2) is 9.98 Å². The molecule has 196 valence electrons. The quantitative estimate of drug-likeness (QED) is 0.375. The van der Waals surface area contributed by atoms with E-state index in [4.69, 9.17) is 9.98 Å². The van der Waals surface area contributed by atoms with Gasteiger partial charge in [-0.05, 0) is 57.1 Å². The van der Waals surface area contributed by atoms with E-state index in [-0.39, 0.29) is 11.8 Å². The maximum absolute atomic E-state index is 5.61. The number of nitrogens with zero attached hydrogens (tertiary/aromatic N) is 2. The van der Waals surface area contributed by atoms with Crippen molar-refractivity contribution in [2.24, 2.45) is 21.8 Å². The number of aliphatic imine (C=N–C) groups is 2. The molecule has 2 atom stereocenters. The molecule has 0 aromatic heterocycles. The number of hydrogen-bond acceptors (Lipinski definition) is 2. The van der Waals surface area contributed by atoms with E-state index in [2.05, 4.69) is 128 Å². The summed E-state index contributed by atoms with van der Waals surface area (Å²) >= 11 is 0. The summed E-state index contributed by atoms with van der Waals surface area (Å²) < 4.78 is 0. The number of allylic oxidation sites excluding steroid dienone is 8. The first kappa shape index (κ1) is 26.4. The molecular formula is C36H42N2. The SMILES string of the molecule is CC(C)c1cccc(C(C)C)c1N=C1C2=CC=CC3=CC=C[C@H](C1=Nc1c(C(C)C)cccc1C(C)C)[C@H]32. The fourth-order valence-electron chi connectivity index (χ4n) is 6.15. The van der Waals surface area contributed by atoms with Crippen LogP contribution in [0.1, 0.15) is 101 Å². The molecule has 0 radical (unpaired) electrons. The highest BCUT2D eigenvalue weighted by Crippen LogP contribution is 2.47. The van der Waals surface area contributed by atoms with Crippen molar-refractivity contribution in [3.8, 4) is 0 Å². The minimum atomic E-state index is 0.193. The molecular weight excluding hydrogens is 460 g/mol. The number of rotatable bonds is 6. The van der Waals surface area contributed by atoms with E-state index in [0.29, 0.717) is 23.7 Å². The van der Waals surface area contributed by atoms with Gasteiger partial charge in [-0.1, -0.05) is 128 Å². The van der Waals surface area contributed by atoms with Crippen LogP contribution in [0.2, 0.25) is 0 Å². The van der Waals surface area contributed by atoms with Gasteiger partial charge in [0.05, 0.1) is 22.8 Å². The molecule has 0 saturated heterocycles. The average Bonchev–Trinajstić information content (AvgIpc) is 3.17. The zero-order valence-electron chi connectivity index (χ0n) is 24.3. The van der Waals surface area contributed by atoms with Gasteiger partial charge in [-0.15, -0.1) is 0 Å². The van der Waals surface area contributed by atoms with Crippen LogP contribution in [-0.4, -0.2) is 11.4 Å². The molecule has 2 nitrogen and oxygen atoms in total. The molecule has 0 amide bonds. The Morgan fingerprint density at radius 2 is 1.11 bits per heavy atom. The number of benzene rings is 2. The Morgan fingerprint density at radius 1 is 0.605 bits per heavy atom. The van der Waals surface area contributed by atoms with Crippen molar-refractivity contribution in [2.75, 3.05) is 0 Å². The Morgan fingerprint density at radius 3 is 1.61 bits per heavy atom. The molecule has 3 aliphatic carbocycles. The van der Waals surface area contributed by atoms with E-state index in [1.165, 1.54) is 33.4 Å². The molecule has 0 unspecified atom stereocenters. The van der Waals surface area contributed by atoms with E-state index in [1.807, 2.05) is 0 Å². The van der Waals surface area contributed by atoms with Crippen LogP contribution in [0, 0.1) is 11.8 Å². The smallest absolute Gasteiger partial charge is 0.0897 e. The molecule has 0 N–H and O–H groups in total. The van der Waals surface area contributed by atoms with E-state index < -0.39 is 0 Å². The standard InChI is InChI=1S/C36H42N2/c1-21(2)26-15-11-16-27(22(3)4)33(26)37-35-30-19-9-13-25-14-10-20-31(32(25)30)36(35)38-34-28(23(5)6)17-12-18-29(34)24(7)8/h9-24,30,32H,1-8H3/t30-,32-/m0/s1. The third-order valence-corrected chi connectivity index (χ3v) is 8.20. The molecule has 3 aliphatic rings. The third-order valence-electron chi connectivity index (χ3n) is 8.20. The summed E-state index contributed by atoms with van der Waals surface area (Å²) in [7, 11) is 0. The first-order valence-electron chi connectivity index (χ1n) is 14.4. The maximum Gasteiger partial charge on any atom is 0.0897 e. The largest absolute Gasteiger partial charge is 0.250 e. The van der Waals surface area contributed by atoms with E-state index in [9.17, 15) is 0 Å². The maximum atomic E-state index is 5.61. The van der Waals surface area contributed by atoms with Crippen LogP contribution < -0.4 is 0 Å². The van der Waals surface area contributed by atoms with Gasteiger partial charge in [0.1, 0.15) is 0 Å². The fourth-order valence-corrected chi connectivity index (χ4v) is 6.15. The van der Waals surface area contributed by atoms with Crippen LogP contribution >= 0.6 is 0 Å². The van der Waals surface area contributed by atoms with E-state index >= 15 is 0 Å². The lowest BCUT2D eigenvalue weighted by Gasteiger charge is -2.23. The molecule has 38 heavy (non-hydrogen) atoms. The molecule has 0 aliphatic heterocycles. The van der Waals surface area contributed by atoms with Crippen molar-refractivity contribution >= 4 is 22.8 Å². The van der Waals surface area contributed by atoms with Gasteiger partial charge < -0.3 is 0 Å². The van der Waals surface area contributed by atoms with Gasteiger partial charge in [0.25, 0.3) is 0 Å². The monoisotopic (exact) mass is 502 g/mol. The highest BCUT2D eigenvalue weighted by atomic mass is 14.9. The summed E-state index contributed by atoms with van der Waals surface area (Å²) in [5.41, 5.74) is 12.3. The van der Waals surface area contributed by atoms with Gasteiger partial charge in [0.2, 0.25) is 0 Å². The molecule has 1 fully saturated rings. The number of para-hydroxylation sites is 2. The summed E-state index contributed by atoms with van der Waals surface area (Å²) in [6.07, 6.45) is 13.5. The van der Waals surface area contributed by atoms with Crippen LogP contribution in [-0.2, 0) is 0 Å². The lowest BCUT2D eigenvalue weighted by Crippen LogP contribution is -2.18. The summed E-state index contributed by atoms with van der Waals surface area (Å²) in [5.74, 6) is 2.04. The topological polar surface area (TPSA) is 24.7 Å². The van der Waals surface area contributed by atoms with Crippen molar-refractivity contribution in [1.82, 2.24) is 0 Å². The molecule has 5 rings (SSSR count). The predicted molar refractivity (Wildman–Crippen MR) is 165 cm³/mol. The second kappa shape index (κ2) is 10.5. The predicted octanol–water partition coefficient (Wildman–Crippen LogP) is 10.3. The average molecular weight is 503 g/mol. The minimum absolute atomic E-state index is 0.193. The van der Waals surface area contributed by atoms with Crippen LogP contribution in [0.4, 0.5) is 11.4 Å². The van der Waals surface area contributed by atoms with Gasteiger partial charge in [-0.3, -0.25) is 0 Å². The molecule has 0 bridgehead atoms.